The molecule has 0 spiro atoms. The number of pyridine rings is 1. The van der Waals surface area contributed by atoms with Crippen LogP contribution >= 0.6 is 15.9 Å². The number of rotatable bonds is 1. The second kappa shape index (κ2) is 3.30. The van der Waals surface area contributed by atoms with Crippen molar-refractivity contribution in [3.8, 4) is 5.82 Å². The lowest BCUT2D eigenvalue weighted by Gasteiger charge is -1.99. The second-order valence-corrected chi connectivity index (χ2v) is 3.71. The van der Waals surface area contributed by atoms with E-state index in [-0.39, 0.29) is 0 Å². The smallest absolute Gasteiger partial charge is 0.153 e. The van der Waals surface area contributed by atoms with Crippen LogP contribution in [0.5, 0.6) is 0 Å². The molecule has 13 heavy (non-hydrogen) atoms. The highest BCUT2D eigenvalue weighted by Crippen LogP contribution is 2.11. The van der Waals surface area contributed by atoms with Crippen LogP contribution in [-0.2, 0) is 0 Å². The zero-order valence-corrected chi connectivity index (χ0v) is 8.69. The van der Waals surface area contributed by atoms with Crippen molar-refractivity contribution in [1.82, 2.24) is 14.8 Å². The maximum atomic E-state index is 4.20. The van der Waals surface area contributed by atoms with Gasteiger partial charge < -0.3 is 0 Å². The fraction of sp³-hybridized carbons (Fsp3) is 0.111. The van der Waals surface area contributed by atoms with Gasteiger partial charge in [-0.25, -0.2) is 9.67 Å². The molecule has 0 amide bonds. The van der Waals surface area contributed by atoms with E-state index in [0.29, 0.717) is 0 Å². The summed E-state index contributed by atoms with van der Waals surface area (Å²) in [5.74, 6) is 0.839. The summed E-state index contributed by atoms with van der Waals surface area (Å²) in [6.07, 6.45) is 5.39. The highest BCUT2D eigenvalue weighted by atomic mass is 79.9. The molecule has 2 aromatic rings. The van der Waals surface area contributed by atoms with Gasteiger partial charge in [0.05, 0.1) is 10.7 Å². The zero-order valence-electron chi connectivity index (χ0n) is 7.11. The van der Waals surface area contributed by atoms with E-state index < -0.39 is 0 Å². The van der Waals surface area contributed by atoms with Gasteiger partial charge in [-0.1, -0.05) is 0 Å². The molecule has 66 valence electrons. The third kappa shape index (κ3) is 1.78. The van der Waals surface area contributed by atoms with Crippen molar-refractivity contribution in [3.05, 3.63) is 40.8 Å². The molecule has 0 aliphatic carbocycles. The lowest BCUT2D eigenvalue weighted by molar-refractivity contribution is 0.845. The van der Waals surface area contributed by atoms with Crippen LogP contribution in [0.4, 0.5) is 0 Å². The van der Waals surface area contributed by atoms with E-state index in [9.17, 15) is 0 Å². The Hall–Kier alpha value is -1.16. The summed E-state index contributed by atoms with van der Waals surface area (Å²) in [6, 6.07) is 3.95. The maximum Gasteiger partial charge on any atom is 0.153 e. The first kappa shape index (κ1) is 8.44. The molecule has 0 fully saturated rings. The first-order valence-electron chi connectivity index (χ1n) is 3.89. The number of hydrogen-bond acceptors (Lipinski definition) is 2. The number of hydrogen-bond donors (Lipinski definition) is 0. The molecule has 0 unspecified atom stereocenters. The Bertz CT molecular complexity index is 422. The quantitative estimate of drug-likeness (QED) is 0.763. The van der Waals surface area contributed by atoms with Crippen molar-refractivity contribution >= 4 is 15.9 Å². The van der Waals surface area contributed by atoms with E-state index in [1.807, 2.05) is 25.3 Å². The van der Waals surface area contributed by atoms with Gasteiger partial charge in [-0.2, -0.15) is 5.10 Å². The van der Waals surface area contributed by atoms with Crippen molar-refractivity contribution in [2.24, 2.45) is 0 Å². The predicted octanol–water partition coefficient (Wildman–Crippen LogP) is 2.34. The molecular weight excluding hydrogens is 230 g/mol. The highest BCUT2D eigenvalue weighted by Gasteiger charge is 1.99. The molecule has 0 radical (unpaired) electrons. The van der Waals surface area contributed by atoms with Gasteiger partial charge in [0.25, 0.3) is 0 Å². The maximum absolute atomic E-state index is 4.20. The van der Waals surface area contributed by atoms with Crippen molar-refractivity contribution in [2.75, 3.05) is 0 Å². The SMILES string of the molecule is Cc1ccnc(-n2cc(Br)cn2)c1. The molecule has 2 rings (SSSR count). The van der Waals surface area contributed by atoms with Gasteiger partial charge in [-0.15, -0.1) is 0 Å². The van der Waals surface area contributed by atoms with Crippen molar-refractivity contribution in [3.63, 3.8) is 0 Å². The molecule has 2 heterocycles. The molecule has 0 N–H and O–H groups in total. The molecule has 4 heteroatoms. The Balaban J connectivity index is 2.46. The van der Waals surface area contributed by atoms with Gasteiger partial charge in [0, 0.05) is 12.4 Å². The zero-order chi connectivity index (χ0) is 9.26. The van der Waals surface area contributed by atoms with E-state index in [1.165, 1.54) is 5.56 Å². The fourth-order valence-corrected chi connectivity index (χ4v) is 1.36. The number of aryl methyl sites for hydroxylation is 1. The molecule has 0 saturated heterocycles. The average Bonchev–Trinajstić information content (AvgIpc) is 2.52. The lowest BCUT2D eigenvalue weighted by Crippen LogP contribution is -1.97. The van der Waals surface area contributed by atoms with E-state index in [0.717, 1.165) is 10.3 Å². The van der Waals surface area contributed by atoms with Crippen LogP contribution in [-0.4, -0.2) is 14.8 Å². The minimum absolute atomic E-state index is 0.839. The minimum Gasteiger partial charge on any atom is -0.237 e. The van der Waals surface area contributed by atoms with E-state index in [4.69, 9.17) is 0 Å². The topological polar surface area (TPSA) is 30.7 Å². The number of nitrogens with zero attached hydrogens (tertiary/aromatic N) is 3. The van der Waals surface area contributed by atoms with Crippen LogP contribution in [0.15, 0.2) is 35.2 Å². The number of aromatic nitrogens is 3. The summed E-state index contributed by atoms with van der Waals surface area (Å²) in [4.78, 5) is 4.20. The third-order valence-corrected chi connectivity index (χ3v) is 2.10. The van der Waals surface area contributed by atoms with Gasteiger partial charge in [-0.05, 0) is 40.5 Å². The summed E-state index contributed by atoms with van der Waals surface area (Å²) in [5, 5.41) is 4.13. The van der Waals surface area contributed by atoms with Crippen LogP contribution in [0.1, 0.15) is 5.56 Å². The Morgan fingerprint density at radius 3 is 2.92 bits per heavy atom. The van der Waals surface area contributed by atoms with Gasteiger partial charge in [0.15, 0.2) is 5.82 Å². The molecule has 2 aromatic heterocycles. The molecular formula is C9H8BrN3. The number of halogens is 1. The molecule has 0 aliphatic rings. The van der Waals surface area contributed by atoms with E-state index in [1.54, 1.807) is 17.1 Å². The summed E-state index contributed by atoms with van der Waals surface area (Å²) < 4.78 is 2.69. The van der Waals surface area contributed by atoms with Gasteiger partial charge in [0.2, 0.25) is 0 Å². The van der Waals surface area contributed by atoms with Crippen LogP contribution < -0.4 is 0 Å². The van der Waals surface area contributed by atoms with Gasteiger partial charge in [-0.3, -0.25) is 0 Å². The Morgan fingerprint density at radius 2 is 2.31 bits per heavy atom. The lowest BCUT2D eigenvalue weighted by atomic mass is 10.3. The third-order valence-electron chi connectivity index (χ3n) is 1.69. The van der Waals surface area contributed by atoms with Crippen LogP contribution in [0.3, 0.4) is 0 Å². The molecule has 0 bridgehead atoms. The first-order valence-corrected chi connectivity index (χ1v) is 4.68. The molecule has 0 atom stereocenters. The summed E-state index contributed by atoms with van der Waals surface area (Å²) in [6.45, 7) is 2.03. The second-order valence-electron chi connectivity index (χ2n) is 2.79. The van der Waals surface area contributed by atoms with Gasteiger partial charge in [0.1, 0.15) is 0 Å². The standard InChI is InChI=1S/C9H8BrN3/c1-7-2-3-11-9(4-7)13-6-8(10)5-12-13/h2-6H,1H3. The van der Waals surface area contributed by atoms with Crippen LogP contribution in [0.25, 0.3) is 5.82 Å². The van der Waals surface area contributed by atoms with Crippen LogP contribution in [0.2, 0.25) is 0 Å². The Labute approximate surface area is 84.5 Å². The summed E-state index contributed by atoms with van der Waals surface area (Å²) in [5.41, 5.74) is 1.18. The van der Waals surface area contributed by atoms with E-state index >= 15 is 0 Å². The summed E-state index contributed by atoms with van der Waals surface area (Å²) >= 11 is 3.34. The van der Waals surface area contributed by atoms with Crippen molar-refractivity contribution < 1.29 is 0 Å². The first-order chi connectivity index (χ1) is 6.25. The summed E-state index contributed by atoms with van der Waals surface area (Å²) in [7, 11) is 0. The molecule has 3 nitrogen and oxygen atoms in total. The normalized spacial score (nSPS) is 10.3. The van der Waals surface area contributed by atoms with Crippen LogP contribution in [0, 0.1) is 6.92 Å². The van der Waals surface area contributed by atoms with Gasteiger partial charge >= 0.3 is 0 Å². The Morgan fingerprint density at radius 1 is 1.46 bits per heavy atom. The molecule has 0 aliphatic heterocycles. The van der Waals surface area contributed by atoms with Crippen molar-refractivity contribution in [1.29, 1.82) is 0 Å². The van der Waals surface area contributed by atoms with E-state index in [2.05, 4.69) is 26.0 Å². The average molecular weight is 238 g/mol. The minimum atomic E-state index is 0.839. The highest BCUT2D eigenvalue weighted by molar-refractivity contribution is 9.10. The largest absolute Gasteiger partial charge is 0.237 e. The molecule has 0 saturated carbocycles. The predicted molar refractivity (Wildman–Crippen MR) is 53.8 cm³/mol. The monoisotopic (exact) mass is 237 g/mol. The molecule has 0 aromatic carbocycles. The fourth-order valence-electron chi connectivity index (χ4n) is 1.07. The Kier molecular flexibility index (Phi) is 2.14. The van der Waals surface area contributed by atoms with Crippen molar-refractivity contribution in [2.45, 2.75) is 6.92 Å².